The lowest BCUT2D eigenvalue weighted by atomic mass is 10.1. The van der Waals surface area contributed by atoms with Crippen molar-refractivity contribution >= 4 is 51.8 Å². The van der Waals surface area contributed by atoms with E-state index >= 15 is 0 Å². The van der Waals surface area contributed by atoms with E-state index in [1.165, 1.54) is 43.7 Å². The smallest absolute Gasteiger partial charge is 0.264 e. The van der Waals surface area contributed by atoms with Crippen molar-refractivity contribution < 1.29 is 10.0 Å². The number of aliphatic imine (C=N–C) groups is 1. The number of hydrogen-bond donors (Lipinski definition) is 5. The molecule has 12 heteroatoms. The number of halogens is 2. The molecule has 42 heavy (non-hydrogen) atoms. The number of piperidine rings is 2. The van der Waals surface area contributed by atoms with Crippen LogP contribution in [0, 0.1) is 11.8 Å². The summed E-state index contributed by atoms with van der Waals surface area (Å²) in [6.45, 7) is 5.97. The lowest BCUT2D eigenvalue weighted by molar-refractivity contribution is -0.284. The summed E-state index contributed by atoms with van der Waals surface area (Å²) in [5.74, 6) is 5.48. The van der Waals surface area contributed by atoms with Gasteiger partial charge in [-0.05, 0) is 75.5 Å². The second kappa shape index (κ2) is 18.3. The second-order valence-corrected chi connectivity index (χ2v) is 11.9. The first-order chi connectivity index (χ1) is 20.3. The van der Waals surface area contributed by atoms with Crippen LogP contribution in [-0.2, 0) is 4.79 Å². The molecule has 7 N–H and O–H groups in total. The van der Waals surface area contributed by atoms with Crippen molar-refractivity contribution in [3.8, 4) is 11.8 Å². The van der Waals surface area contributed by atoms with Crippen LogP contribution in [0.5, 0.6) is 0 Å². The number of rotatable bonds is 9. The van der Waals surface area contributed by atoms with Gasteiger partial charge in [0.25, 0.3) is 5.91 Å². The molecule has 228 valence electrons. The summed E-state index contributed by atoms with van der Waals surface area (Å²) in [4.78, 5) is 18.5. The molecule has 1 aromatic carbocycles. The Morgan fingerprint density at radius 2 is 1.83 bits per heavy atom. The molecule has 0 atom stereocenters. The Morgan fingerprint density at radius 1 is 1.12 bits per heavy atom. The maximum Gasteiger partial charge on any atom is 0.264 e. The number of benzene rings is 1. The lowest BCUT2D eigenvalue weighted by Crippen LogP contribution is -2.51. The number of nitrogens with two attached hydrogens (primary N) is 2. The van der Waals surface area contributed by atoms with Gasteiger partial charge in [0.1, 0.15) is 5.70 Å². The van der Waals surface area contributed by atoms with Crippen LogP contribution in [0.15, 0.2) is 46.6 Å². The zero-order valence-electron chi connectivity index (χ0n) is 24.1. The Hall–Kier alpha value is -2.46. The molecule has 0 bridgehead atoms. The summed E-state index contributed by atoms with van der Waals surface area (Å²) >= 11 is 13.9. The van der Waals surface area contributed by atoms with Gasteiger partial charge in [-0.25, -0.2) is 15.4 Å². The maximum atomic E-state index is 12.2. The quantitative estimate of drug-likeness (QED) is 0.108. The van der Waals surface area contributed by atoms with Gasteiger partial charge >= 0.3 is 0 Å². The van der Waals surface area contributed by atoms with Crippen LogP contribution in [0.3, 0.4) is 0 Å². The van der Waals surface area contributed by atoms with E-state index in [-0.39, 0.29) is 12.2 Å². The number of primary amides is 1. The van der Waals surface area contributed by atoms with Crippen molar-refractivity contribution in [1.29, 1.82) is 0 Å². The van der Waals surface area contributed by atoms with E-state index in [4.69, 9.17) is 39.7 Å². The molecule has 3 heterocycles. The minimum atomic E-state index is -0.802. The van der Waals surface area contributed by atoms with Crippen molar-refractivity contribution in [1.82, 2.24) is 21.0 Å². The predicted molar refractivity (Wildman–Crippen MR) is 173 cm³/mol. The molecule has 2 aliphatic heterocycles. The molecule has 2 fully saturated rings. The molecule has 2 aromatic rings. The number of hydrazine groups is 2. The normalized spacial score (nSPS) is 16.6. The Balaban J connectivity index is 0.000000715. The number of nitrogens with zero attached hydrogens (tertiary/aromatic N) is 3. The van der Waals surface area contributed by atoms with Crippen LogP contribution in [0.25, 0.3) is 0 Å². The molecular weight excluding hydrogens is 593 g/mol. The number of carbonyl (C=O) groups is 1. The molecule has 0 aliphatic carbocycles. The average Bonchev–Trinajstić information content (AvgIpc) is 3.47. The summed E-state index contributed by atoms with van der Waals surface area (Å²) in [5, 5.41) is 17.4. The molecule has 4 rings (SSSR count). The highest BCUT2D eigenvalue weighted by Crippen LogP contribution is 2.31. The number of thiophene rings is 1. The third-order valence-electron chi connectivity index (χ3n) is 6.65. The Labute approximate surface area is 262 Å². The molecule has 0 spiro atoms. The van der Waals surface area contributed by atoms with Crippen molar-refractivity contribution in [2.24, 2.45) is 16.5 Å². The molecule has 1 aromatic heterocycles. The van der Waals surface area contributed by atoms with E-state index in [0.717, 1.165) is 42.3 Å². The average molecular weight is 635 g/mol. The Morgan fingerprint density at radius 3 is 2.43 bits per heavy atom. The summed E-state index contributed by atoms with van der Waals surface area (Å²) in [5.41, 5.74) is 15.6. The first kappa shape index (κ1) is 34.0. The molecule has 1 amide bonds. The van der Waals surface area contributed by atoms with Gasteiger partial charge in [0.2, 0.25) is 0 Å². The van der Waals surface area contributed by atoms with Crippen molar-refractivity contribution in [2.75, 3.05) is 32.7 Å². The number of carbonyl (C=O) groups excluding carboxylic acids is 1. The van der Waals surface area contributed by atoms with Gasteiger partial charge in [0, 0.05) is 36.7 Å². The summed E-state index contributed by atoms with van der Waals surface area (Å²) in [6, 6.07) is 8.68. The Kier molecular flexibility index (Phi) is 14.8. The van der Waals surface area contributed by atoms with E-state index < -0.39 is 5.91 Å². The highest BCUT2D eigenvalue weighted by molar-refractivity contribution is 7.14. The molecular formula is C30H41Cl2N7O2S. The molecule has 0 unspecified atom stereocenters. The van der Waals surface area contributed by atoms with Gasteiger partial charge in [0.05, 0.1) is 26.2 Å². The predicted octanol–water partition coefficient (Wildman–Crippen LogP) is 5.38. The van der Waals surface area contributed by atoms with Crippen molar-refractivity contribution in [2.45, 2.75) is 58.3 Å². The van der Waals surface area contributed by atoms with Crippen LogP contribution in [0.1, 0.15) is 68.0 Å². The van der Waals surface area contributed by atoms with Gasteiger partial charge < -0.3 is 16.8 Å². The van der Waals surface area contributed by atoms with E-state index in [1.54, 1.807) is 23.2 Å². The minimum Gasteiger partial charge on any atom is -0.394 e. The van der Waals surface area contributed by atoms with E-state index in [9.17, 15) is 10.0 Å². The van der Waals surface area contributed by atoms with E-state index in [1.807, 2.05) is 12.1 Å². The van der Waals surface area contributed by atoms with Gasteiger partial charge in [-0.1, -0.05) is 60.1 Å². The van der Waals surface area contributed by atoms with Gasteiger partial charge in [-0.2, -0.15) is 0 Å². The van der Waals surface area contributed by atoms with E-state index in [0.29, 0.717) is 45.0 Å². The van der Waals surface area contributed by atoms with Gasteiger partial charge in [-0.3, -0.25) is 10.0 Å². The second-order valence-electron chi connectivity index (χ2n) is 9.98. The first-order valence-corrected chi connectivity index (χ1v) is 16.0. The van der Waals surface area contributed by atoms with Crippen LogP contribution >= 0.6 is 34.5 Å². The monoisotopic (exact) mass is 633 g/mol. The van der Waals surface area contributed by atoms with Gasteiger partial charge in [-0.15, -0.1) is 11.3 Å². The van der Waals surface area contributed by atoms with Crippen molar-refractivity contribution in [3.63, 3.8) is 0 Å². The topological polar surface area (TPSA) is 132 Å². The first-order valence-electron chi connectivity index (χ1n) is 14.4. The highest BCUT2D eigenvalue weighted by Gasteiger charge is 2.22. The fourth-order valence-corrected chi connectivity index (χ4v) is 5.69. The fraction of sp³-hybridized carbons (Fsp3) is 0.467. The molecule has 2 saturated heterocycles. The summed E-state index contributed by atoms with van der Waals surface area (Å²) < 4.78 is 0. The molecule has 0 saturated carbocycles. The van der Waals surface area contributed by atoms with Crippen LogP contribution in [0.2, 0.25) is 10.0 Å². The van der Waals surface area contributed by atoms with Crippen LogP contribution in [0.4, 0.5) is 5.69 Å². The molecule has 2 aliphatic rings. The largest absolute Gasteiger partial charge is 0.394 e. The van der Waals surface area contributed by atoms with E-state index in [2.05, 4.69) is 29.5 Å². The number of hydrogen-bond acceptors (Lipinski definition) is 9. The zero-order valence-corrected chi connectivity index (χ0v) is 26.4. The van der Waals surface area contributed by atoms with Crippen LogP contribution < -0.4 is 22.2 Å². The highest BCUT2D eigenvalue weighted by atomic mass is 35.5. The Bertz CT molecular complexity index is 1280. The molecule has 0 radical (unpaired) electrons. The molecule has 9 nitrogen and oxygen atoms in total. The van der Waals surface area contributed by atoms with Crippen molar-refractivity contribution in [3.05, 3.63) is 61.4 Å². The third-order valence-corrected chi connectivity index (χ3v) is 8.19. The standard InChI is InChI=1S/C25H30Cl2N6O2S.C5H11N/c1-2-3-5-8-18-10-12-22(36-18)24(31-21-11-9-17(26)15-20(21)27)19(23(28)25(29)34)16-30-33(35)32-13-6-4-7-14-32;1-2-4-6-5-3-1/h9-12,15,30,35H,2-4,6-7,13-14,16,28H2,1H3,(H2,29,34);6H,1-5H2/b23-19-,31-24?;. The summed E-state index contributed by atoms with van der Waals surface area (Å²) in [6.07, 6.45) is 9.04. The lowest BCUT2D eigenvalue weighted by Gasteiger charge is -2.32. The zero-order chi connectivity index (χ0) is 30.3. The fourth-order valence-electron chi connectivity index (χ4n) is 4.34. The minimum absolute atomic E-state index is 0.0133. The number of amides is 1. The number of nitrogens with one attached hydrogen (secondary N) is 2. The van der Waals surface area contributed by atoms with Crippen LogP contribution in [-0.4, -0.2) is 59.8 Å². The SMILES string of the molecule is C1CCNCC1.CCCC#Cc1ccc(C(=Nc2ccc(Cl)cc2Cl)/C(CNN(O)N2CCCCC2)=C(\N)C(N)=O)s1. The van der Waals surface area contributed by atoms with Gasteiger partial charge in [0.15, 0.2) is 0 Å². The number of unbranched alkanes of at least 4 members (excludes halogenated alkanes) is 1. The third kappa shape index (κ3) is 11.0. The maximum absolute atomic E-state index is 12.2. The summed E-state index contributed by atoms with van der Waals surface area (Å²) in [7, 11) is 0.